The van der Waals surface area contributed by atoms with E-state index < -0.39 is 12.1 Å². The molecule has 0 aromatic heterocycles. The number of carboxylic acids is 1. The summed E-state index contributed by atoms with van der Waals surface area (Å²) in [7, 11) is 0. The molecule has 0 aliphatic carbocycles. The van der Waals surface area contributed by atoms with Crippen LogP contribution < -0.4 is 10.1 Å². The number of carbonyl (C=O) groups excluding carboxylic acids is 1. The number of hydrogen-bond donors (Lipinski definition) is 2. The van der Waals surface area contributed by atoms with Crippen LogP contribution in [-0.2, 0) is 14.3 Å². The van der Waals surface area contributed by atoms with Crippen LogP contribution in [0.1, 0.15) is 32.3 Å². The summed E-state index contributed by atoms with van der Waals surface area (Å²) < 4.78 is 10.4. The van der Waals surface area contributed by atoms with E-state index in [-0.39, 0.29) is 25.7 Å². The molecule has 6 nitrogen and oxygen atoms in total. The highest BCUT2D eigenvalue weighted by Crippen LogP contribution is 2.20. The molecular formula is C16H23NO5. The fourth-order valence-corrected chi connectivity index (χ4v) is 1.75. The van der Waals surface area contributed by atoms with Crippen molar-refractivity contribution in [3.8, 4) is 5.75 Å². The number of amides is 1. The third kappa shape index (κ3) is 6.58. The molecule has 1 unspecified atom stereocenters. The first-order valence-corrected chi connectivity index (χ1v) is 7.24. The summed E-state index contributed by atoms with van der Waals surface area (Å²) in [5.41, 5.74) is 1.15. The lowest BCUT2D eigenvalue weighted by Crippen LogP contribution is -2.38. The first-order chi connectivity index (χ1) is 10.4. The van der Waals surface area contributed by atoms with Crippen molar-refractivity contribution in [1.82, 2.24) is 5.32 Å². The Morgan fingerprint density at radius 3 is 2.64 bits per heavy atom. The molecular weight excluding hydrogens is 286 g/mol. The van der Waals surface area contributed by atoms with E-state index in [1.54, 1.807) is 6.92 Å². The summed E-state index contributed by atoms with van der Waals surface area (Å²) in [6, 6.07) is 7.65. The summed E-state index contributed by atoms with van der Waals surface area (Å²) in [4.78, 5) is 22.1. The third-order valence-corrected chi connectivity index (χ3v) is 2.98. The van der Waals surface area contributed by atoms with E-state index in [0.29, 0.717) is 11.7 Å². The van der Waals surface area contributed by atoms with E-state index in [0.717, 1.165) is 5.56 Å². The van der Waals surface area contributed by atoms with Crippen LogP contribution >= 0.6 is 0 Å². The van der Waals surface area contributed by atoms with Gasteiger partial charge in [-0.2, -0.15) is 0 Å². The van der Waals surface area contributed by atoms with Crippen LogP contribution in [0.2, 0.25) is 0 Å². The lowest BCUT2D eigenvalue weighted by molar-refractivity contribution is -0.142. The minimum atomic E-state index is -1.03. The highest BCUT2D eigenvalue weighted by atomic mass is 16.5. The van der Waals surface area contributed by atoms with Crippen LogP contribution in [0.5, 0.6) is 5.75 Å². The Morgan fingerprint density at radius 2 is 2.00 bits per heavy atom. The first kappa shape index (κ1) is 18.0. The average Bonchev–Trinajstić information content (AvgIpc) is 2.46. The molecule has 0 heterocycles. The lowest BCUT2D eigenvalue weighted by atomic mass is 10.0. The summed E-state index contributed by atoms with van der Waals surface area (Å²) in [5.74, 6) is -0.267. The minimum absolute atomic E-state index is 0.146. The van der Waals surface area contributed by atoms with Gasteiger partial charge in [-0.05, 0) is 30.5 Å². The largest absolute Gasteiger partial charge is 0.481 e. The fourth-order valence-electron chi connectivity index (χ4n) is 1.75. The quantitative estimate of drug-likeness (QED) is 0.679. The van der Waals surface area contributed by atoms with Crippen molar-refractivity contribution in [2.75, 3.05) is 19.8 Å². The highest BCUT2D eigenvalue weighted by molar-refractivity contribution is 5.80. The van der Waals surface area contributed by atoms with Crippen molar-refractivity contribution in [2.45, 2.75) is 32.8 Å². The SMILES string of the molecule is CC(Oc1cccc(C(C)C)c1)C(=O)NCCOCC(=O)O. The molecule has 0 spiro atoms. The predicted molar refractivity (Wildman–Crippen MR) is 82.1 cm³/mol. The maximum atomic E-state index is 11.9. The molecule has 122 valence electrons. The number of carbonyl (C=O) groups is 2. The second-order valence-corrected chi connectivity index (χ2v) is 5.22. The van der Waals surface area contributed by atoms with Crippen molar-refractivity contribution in [3.05, 3.63) is 29.8 Å². The Labute approximate surface area is 130 Å². The average molecular weight is 309 g/mol. The van der Waals surface area contributed by atoms with E-state index in [9.17, 15) is 9.59 Å². The molecule has 0 aliphatic heterocycles. The molecule has 0 radical (unpaired) electrons. The van der Waals surface area contributed by atoms with Gasteiger partial charge in [0.05, 0.1) is 6.61 Å². The number of ether oxygens (including phenoxy) is 2. The smallest absolute Gasteiger partial charge is 0.329 e. The van der Waals surface area contributed by atoms with Gasteiger partial charge in [-0.15, -0.1) is 0 Å². The summed E-state index contributed by atoms with van der Waals surface area (Å²) in [6.45, 7) is 5.86. The molecule has 22 heavy (non-hydrogen) atoms. The minimum Gasteiger partial charge on any atom is -0.481 e. The van der Waals surface area contributed by atoms with E-state index in [4.69, 9.17) is 14.6 Å². The second-order valence-electron chi connectivity index (χ2n) is 5.22. The molecule has 1 aromatic carbocycles. The van der Waals surface area contributed by atoms with Crippen molar-refractivity contribution in [2.24, 2.45) is 0 Å². The van der Waals surface area contributed by atoms with Crippen LogP contribution in [0, 0.1) is 0 Å². The molecule has 1 aromatic rings. The molecule has 0 aliphatic rings. The maximum absolute atomic E-state index is 11.9. The Kier molecular flexibility index (Phi) is 7.39. The third-order valence-electron chi connectivity index (χ3n) is 2.98. The van der Waals surface area contributed by atoms with E-state index in [2.05, 4.69) is 19.2 Å². The van der Waals surface area contributed by atoms with Gasteiger partial charge in [0.25, 0.3) is 5.91 Å². The van der Waals surface area contributed by atoms with Crippen molar-refractivity contribution in [1.29, 1.82) is 0 Å². The molecule has 6 heteroatoms. The number of carboxylic acid groups (broad SMARTS) is 1. The van der Waals surface area contributed by atoms with E-state index in [1.807, 2.05) is 24.3 Å². The van der Waals surface area contributed by atoms with Crippen molar-refractivity contribution in [3.63, 3.8) is 0 Å². The molecule has 0 saturated heterocycles. The standard InChI is InChI=1S/C16H23NO5/c1-11(2)13-5-4-6-14(9-13)22-12(3)16(20)17-7-8-21-10-15(18)19/h4-6,9,11-12H,7-8,10H2,1-3H3,(H,17,20)(H,18,19). The van der Waals surface area contributed by atoms with Crippen LogP contribution in [-0.4, -0.2) is 42.8 Å². The number of aliphatic carboxylic acids is 1. The maximum Gasteiger partial charge on any atom is 0.329 e. The number of nitrogens with one attached hydrogen (secondary N) is 1. The predicted octanol–water partition coefficient (Wildman–Crippen LogP) is 1.79. The summed E-state index contributed by atoms with van der Waals surface area (Å²) in [5, 5.41) is 11.0. The first-order valence-electron chi connectivity index (χ1n) is 7.24. The molecule has 0 saturated carbocycles. The van der Waals surface area contributed by atoms with Gasteiger partial charge in [0.15, 0.2) is 6.10 Å². The number of hydrogen-bond acceptors (Lipinski definition) is 4. The van der Waals surface area contributed by atoms with E-state index in [1.165, 1.54) is 0 Å². The van der Waals surface area contributed by atoms with Gasteiger partial charge < -0.3 is 19.9 Å². The van der Waals surface area contributed by atoms with Gasteiger partial charge in [-0.1, -0.05) is 26.0 Å². The number of benzene rings is 1. The zero-order valence-electron chi connectivity index (χ0n) is 13.2. The van der Waals surface area contributed by atoms with Gasteiger partial charge in [0, 0.05) is 6.54 Å². The van der Waals surface area contributed by atoms with Crippen LogP contribution in [0.25, 0.3) is 0 Å². The van der Waals surface area contributed by atoms with Crippen LogP contribution in [0.4, 0.5) is 0 Å². The molecule has 1 amide bonds. The van der Waals surface area contributed by atoms with Gasteiger partial charge >= 0.3 is 5.97 Å². The Bertz CT molecular complexity index is 501. The zero-order valence-corrected chi connectivity index (χ0v) is 13.2. The second kappa shape index (κ2) is 9.04. The van der Waals surface area contributed by atoms with Gasteiger partial charge in [0.2, 0.25) is 0 Å². The zero-order chi connectivity index (χ0) is 16.5. The molecule has 0 fully saturated rings. The van der Waals surface area contributed by atoms with Gasteiger partial charge in [-0.25, -0.2) is 4.79 Å². The monoisotopic (exact) mass is 309 g/mol. The Hall–Kier alpha value is -2.08. The van der Waals surface area contributed by atoms with Crippen molar-refractivity contribution < 1.29 is 24.2 Å². The van der Waals surface area contributed by atoms with Crippen LogP contribution in [0.15, 0.2) is 24.3 Å². The fraction of sp³-hybridized carbons (Fsp3) is 0.500. The molecule has 2 N–H and O–H groups in total. The molecule has 1 rings (SSSR count). The number of rotatable bonds is 9. The molecule has 1 atom stereocenters. The Morgan fingerprint density at radius 1 is 1.27 bits per heavy atom. The summed E-state index contributed by atoms with van der Waals surface area (Å²) in [6.07, 6.45) is -0.637. The van der Waals surface area contributed by atoms with Gasteiger partial charge in [0.1, 0.15) is 12.4 Å². The molecule has 0 bridgehead atoms. The summed E-state index contributed by atoms with van der Waals surface area (Å²) >= 11 is 0. The lowest BCUT2D eigenvalue weighted by Gasteiger charge is -2.16. The van der Waals surface area contributed by atoms with Crippen molar-refractivity contribution >= 4 is 11.9 Å². The topological polar surface area (TPSA) is 84.9 Å². The van der Waals surface area contributed by atoms with Crippen LogP contribution in [0.3, 0.4) is 0 Å². The highest BCUT2D eigenvalue weighted by Gasteiger charge is 2.14. The van der Waals surface area contributed by atoms with E-state index >= 15 is 0 Å². The normalized spacial score (nSPS) is 12.0. The van der Waals surface area contributed by atoms with Gasteiger partial charge in [-0.3, -0.25) is 4.79 Å². The Balaban J connectivity index is 2.37.